The first-order valence-corrected chi connectivity index (χ1v) is 9.18. The van der Waals surface area contributed by atoms with Gasteiger partial charge in [0.2, 0.25) is 0 Å². The van der Waals surface area contributed by atoms with E-state index in [1.807, 2.05) is 13.8 Å². The molecule has 0 radical (unpaired) electrons. The summed E-state index contributed by atoms with van der Waals surface area (Å²) < 4.78 is 0. The van der Waals surface area contributed by atoms with Gasteiger partial charge in [0.1, 0.15) is 12.4 Å². The van der Waals surface area contributed by atoms with Crippen LogP contribution in [-0.4, -0.2) is 34.5 Å². The largest absolute Gasteiger partial charge is 0.393 e. The number of hydrogen-bond acceptors (Lipinski definition) is 4. The molecule has 134 valence electrons. The third-order valence-corrected chi connectivity index (χ3v) is 7.67. The van der Waals surface area contributed by atoms with E-state index >= 15 is 0 Å². The summed E-state index contributed by atoms with van der Waals surface area (Å²) >= 11 is 0. The van der Waals surface area contributed by atoms with E-state index in [9.17, 15) is 19.8 Å². The van der Waals surface area contributed by atoms with Crippen LogP contribution in [0.3, 0.4) is 0 Å². The molecule has 24 heavy (non-hydrogen) atoms. The van der Waals surface area contributed by atoms with Gasteiger partial charge in [-0.15, -0.1) is 0 Å². The Morgan fingerprint density at radius 1 is 1.21 bits per heavy atom. The van der Waals surface area contributed by atoms with Crippen LogP contribution < -0.4 is 0 Å². The van der Waals surface area contributed by atoms with Gasteiger partial charge in [-0.25, -0.2) is 0 Å². The molecule has 4 heteroatoms. The Balaban J connectivity index is 1.97. The lowest BCUT2D eigenvalue weighted by Gasteiger charge is -2.62. The van der Waals surface area contributed by atoms with Crippen LogP contribution in [0.2, 0.25) is 0 Å². The fraction of sp³-hybridized carbons (Fsp3) is 0.800. The standard InChI is InChI=1S/C20H30O4/c1-11(10-21)12-5-6-14-13(9-12)16(23)17(24)18-19(2,3)15(22)7-8-20(14,18)4/h10,12-15,17-18,22,24H,1,5-9H2,2-4H3/t12-,13-,14-,15-,17-,18-,20+/m1/s1. The van der Waals surface area contributed by atoms with Crippen molar-refractivity contribution < 1.29 is 19.8 Å². The second-order valence-electron chi connectivity index (χ2n) is 9.12. The second kappa shape index (κ2) is 5.77. The Hall–Kier alpha value is -1.00. The van der Waals surface area contributed by atoms with Crippen molar-refractivity contribution in [3.05, 3.63) is 12.2 Å². The molecule has 3 saturated carbocycles. The van der Waals surface area contributed by atoms with E-state index in [-0.39, 0.29) is 34.9 Å². The molecular formula is C20H30O4. The average Bonchev–Trinajstić information content (AvgIpc) is 2.55. The van der Waals surface area contributed by atoms with Crippen LogP contribution in [0.15, 0.2) is 12.2 Å². The number of fused-ring (bicyclic) bond motifs is 3. The number of aldehydes is 1. The predicted octanol–water partition coefficient (Wildman–Crippen LogP) is 2.52. The number of aliphatic hydroxyl groups is 2. The summed E-state index contributed by atoms with van der Waals surface area (Å²) in [5.41, 5.74) is -0.0489. The molecule has 3 fully saturated rings. The molecule has 3 rings (SSSR count). The fourth-order valence-corrected chi connectivity index (χ4v) is 6.31. The van der Waals surface area contributed by atoms with Crippen molar-refractivity contribution in [2.24, 2.45) is 34.5 Å². The van der Waals surface area contributed by atoms with Crippen LogP contribution in [0.1, 0.15) is 52.9 Å². The number of allylic oxidation sites excluding steroid dienone is 1. The van der Waals surface area contributed by atoms with E-state index in [1.54, 1.807) is 0 Å². The predicted molar refractivity (Wildman–Crippen MR) is 91.2 cm³/mol. The first-order valence-electron chi connectivity index (χ1n) is 9.18. The van der Waals surface area contributed by atoms with Crippen molar-refractivity contribution in [3.63, 3.8) is 0 Å². The van der Waals surface area contributed by atoms with Crippen LogP contribution in [0.5, 0.6) is 0 Å². The summed E-state index contributed by atoms with van der Waals surface area (Å²) in [6.07, 6.45) is 3.25. The lowest BCUT2D eigenvalue weighted by atomic mass is 9.42. The monoisotopic (exact) mass is 334 g/mol. The zero-order chi connectivity index (χ0) is 17.9. The first-order chi connectivity index (χ1) is 11.1. The second-order valence-corrected chi connectivity index (χ2v) is 9.12. The fourth-order valence-electron chi connectivity index (χ4n) is 6.31. The van der Waals surface area contributed by atoms with E-state index in [1.165, 1.54) is 0 Å². The smallest absolute Gasteiger partial charge is 0.164 e. The molecule has 0 amide bonds. The van der Waals surface area contributed by atoms with Crippen LogP contribution >= 0.6 is 0 Å². The van der Waals surface area contributed by atoms with Crippen LogP contribution in [0.4, 0.5) is 0 Å². The molecular weight excluding hydrogens is 304 g/mol. The molecule has 0 spiro atoms. The summed E-state index contributed by atoms with van der Waals surface area (Å²) in [5, 5.41) is 21.3. The highest BCUT2D eigenvalue weighted by Gasteiger charge is 2.63. The maximum absolute atomic E-state index is 13.0. The van der Waals surface area contributed by atoms with E-state index in [0.29, 0.717) is 18.4 Å². The molecule has 0 aliphatic heterocycles. The Kier molecular flexibility index (Phi) is 4.28. The lowest BCUT2D eigenvalue weighted by Crippen LogP contribution is -2.65. The van der Waals surface area contributed by atoms with E-state index in [0.717, 1.165) is 25.5 Å². The molecule has 0 aromatic carbocycles. The van der Waals surface area contributed by atoms with Crippen LogP contribution in [0, 0.1) is 34.5 Å². The number of ketones is 1. The lowest BCUT2D eigenvalue weighted by molar-refractivity contribution is -0.202. The highest BCUT2D eigenvalue weighted by molar-refractivity contribution is 5.87. The van der Waals surface area contributed by atoms with Crippen molar-refractivity contribution >= 4 is 12.1 Å². The third-order valence-electron chi connectivity index (χ3n) is 7.67. The molecule has 2 N–H and O–H groups in total. The van der Waals surface area contributed by atoms with Crippen LogP contribution in [-0.2, 0) is 9.59 Å². The minimum atomic E-state index is -1.02. The first kappa shape index (κ1) is 17.8. The van der Waals surface area contributed by atoms with Crippen molar-refractivity contribution in [3.8, 4) is 0 Å². The minimum Gasteiger partial charge on any atom is -0.393 e. The van der Waals surface area contributed by atoms with Gasteiger partial charge in [-0.1, -0.05) is 27.4 Å². The number of carbonyl (C=O) groups excluding carboxylic acids is 2. The maximum Gasteiger partial charge on any atom is 0.164 e. The molecule has 7 atom stereocenters. The number of Topliss-reactive ketones (excluding diaryl/α,β-unsaturated/α-hetero) is 1. The topological polar surface area (TPSA) is 74.6 Å². The van der Waals surface area contributed by atoms with E-state index < -0.39 is 17.6 Å². The number of carbonyl (C=O) groups is 2. The quantitative estimate of drug-likeness (QED) is 0.601. The summed E-state index contributed by atoms with van der Waals surface area (Å²) in [6.45, 7) is 10.0. The van der Waals surface area contributed by atoms with Gasteiger partial charge < -0.3 is 10.2 Å². The van der Waals surface area contributed by atoms with Crippen molar-refractivity contribution in [2.45, 2.75) is 65.1 Å². The Morgan fingerprint density at radius 3 is 2.50 bits per heavy atom. The van der Waals surface area contributed by atoms with Crippen LogP contribution in [0.25, 0.3) is 0 Å². The Labute approximate surface area is 144 Å². The van der Waals surface area contributed by atoms with E-state index in [4.69, 9.17) is 0 Å². The van der Waals surface area contributed by atoms with Crippen molar-refractivity contribution in [2.75, 3.05) is 0 Å². The zero-order valence-corrected chi connectivity index (χ0v) is 15.0. The molecule has 0 unspecified atom stereocenters. The summed E-state index contributed by atoms with van der Waals surface area (Å²) in [4.78, 5) is 24.0. The summed E-state index contributed by atoms with van der Waals surface area (Å²) in [6, 6.07) is 0. The summed E-state index contributed by atoms with van der Waals surface area (Å²) in [5.74, 6) is -0.216. The van der Waals surface area contributed by atoms with Gasteiger partial charge in [0, 0.05) is 11.8 Å². The highest BCUT2D eigenvalue weighted by Crippen LogP contribution is 2.63. The Morgan fingerprint density at radius 2 is 1.88 bits per heavy atom. The molecule has 0 bridgehead atoms. The Bertz CT molecular complexity index is 566. The van der Waals surface area contributed by atoms with Gasteiger partial charge in [0.05, 0.1) is 6.10 Å². The van der Waals surface area contributed by atoms with Gasteiger partial charge in [-0.3, -0.25) is 9.59 Å². The molecule has 0 heterocycles. The van der Waals surface area contributed by atoms with Crippen molar-refractivity contribution in [1.82, 2.24) is 0 Å². The van der Waals surface area contributed by atoms with Gasteiger partial charge in [-0.05, 0) is 60.3 Å². The molecule has 3 aliphatic rings. The third kappa shape index (κ3) is 2.33. The zero-order valence-electron chi connectivity index (χ0n) is 15.0. The van der Waals surface area contributed by atoms with Crippen molar-refractivity contribution in [1.29, 1.82) is 0 Å². The van der Waals surface area contributed by atoms with Gasteiger partial charge >= 0.3 is 0 Å². The number of rotatable bonds is 2. The van der Waals surface area contributed by atoms with E-state index in [2.05, 4.69) is 13.5 Å². The SMILES string of the molecule is C=C(C=O)[C@@H]1CC[C@@H]2[C@@H](C1)C(=O)[C@@H](O)[C@@H]1C(C)(C)[C@H](O)CC[C@@]21C. The molecule has 0 saturated heterocycles. The highest BCUT2D eigenvalue weighted by atomic mass is 16.3. The molecule has 3 aliphatic carbocycles. The normalized spacial score (nSPS) is 47.5. The molecule has 0 aromatic heterocycles. The molecule has 0 aromatic rings. The number of hydrogen-bond donors (Lipinski definition) is 2. The molecule has 4 nitrogen and oxygen atoms in total. The average molecular weight is 334 g/mol. The summed E-state index contributed by atoms with van der Waals surface area (Å²) in [7, 11) is 0. The minimum absolute atomic E-state index is 0.0576. The maximum atomic E-state index is 13.0. The number of aliphatic hydroxyl groups excluding tert-OH is 2. The van der Waals surface area contributed by atoms with Gasteiger partial charge in [-0.2, -0.15) is 0 Å². The van der Waals surface area contributed by atoms with Gasteiger partial charge in [0.25, 0.3) is 0 Å². The van der Waals surface area contributed by atoms with Gasteiger partial charge in [0.15, 0.2) is 5.78 Å².